The summed E-state index contributed by atoms with van der Waals surface area (Å²) >= 11 is 0. The molecule has 4 heterocycles. The Balaban J connectivity index is 0.00000117. The highest BCUT2D eigenvalue weighted by molar-refractivity contribution is 5.70. The fraction of sp³-hybridized carbons (Fsp3) is 0.450. The van der Waals surface area contributed by atoms with Crippen LogP contribution in [0.2, 0.25) is 0 Å². The number of pyridine rings is 1. The van der Waals surface area contributed by atoms with E-state index in [1.165, 1.54) is 23.2 Å². The summed E-state index contributed by atoms with van der Waals surface area (Å²) < 4.78 is 28.0. The van der Waals surface area contributed by atoms with Crippen LogP contribution in [0.1, 0.15) is 56.0 Å². The van der Waals surface area contributed by atoms with Crippen molar-refractivity contribution in [2.24, 2.45) is 0 Å². The third-order valence-corrected chi connectivity index (χ3v) is 4.85. The Morgan fingerprint density at radius 2 is 1.72 bits per heavy atom. The van der Waals surface area contributed by atoms with Crippen molar-refractivity contribution in [2.45, 2.75) is 45.6 Å². The van der Waals surface area contributed by atoms with Gasteiger partial charge in [0.15, 0.2) is 5.65 Å². The lowest BCUT2D eigenvalue weighted by Gasteiger charge is -2.23. The van der Waals surface area contributed by atoms with Gasteiger partial charge in [-0.1, -0.05) is 13.8 Å². The molecule has 7 nitrogen and oxygen atoms in total. The molecule has 29 heavy (non-hydrogen) atoms. The predicted molar refractivity (Wildman–Crippen MR) is 106 cm³/mol. The molecule has 0 aliphatic carbocycles. The van der Waals surface area contributed by atoms with E-state index in [0.717, 1.165) is 25.9 Å². The molecule has 0 unspecified atom stereocenters. The number of nitrogens with zero attached hydrogens (tertiary/aromatic N) is 5. The summed E-state index contributed by atoms with van der Waals surface area (Å²) in [6.45, 7) is 5.55. The maximum atomic E-state index is 13.3. The van der Waals surface area contributed by atoms with Crippen molar-refractivity contribution in [1.82, 2.24) is 29.8 Å². The second kappa shape index (κ2) is 9.60. The highest BCUT2D eigenvalue weighted by atomic mass is 19.3. The lowest BCUT2D eigenvalue weighted by Crippen LogP contribution is -2.32. The van der Waals surface area contributed by atoms with Gasteiger partial charge in [0.05, 0.1) is 12.2 Å². The molecule has 154 valence electrons. The lowest BCUT2D eigenvalue weighted by atomic mass is 9.91. The molecule has 0 spiro atoms. The second-order valence-electron chi connectivity index (χ2n) is 6.47. The van der Waals surface area contributed by atoms with Crippen LogP contribution in [0.4, 0.5) is 8.78 Å². The van der Waals surface area contributed by atoms with Crippen LogP contribution >= 0.6 is 0 Å². The standard InChI is InChI=1S/C18H18F2N6O.C2H6/c19-16(20)15-14(23-5-7-24-15)10-26-17-13(22-6-8-25-17)9-12(18(26)27)11-1-3-21-4-2-11;1-2/h5-9,11,16,21H,1-4,10H2;1-2H3. The molecule has 0 aromatic carbocycles. The number of hydrogen-bond acceptors (Lipinski definition) is 6. The molecule has 0 atom stereocenters. The second-order valence-corrected chi connectivity index (χ2v) is 6.47. The molecule has 0 saturated carbocycles. The van der Waals surface area contributed by atoms with Crippen LogP contribution in [0.15, 0.2) is 35.6 Å². The lowest BCUT2D eigenvalue weighted by molar-refractivity contribution is 0.144. The van der Waals surface area contributed by atoms with E-state index in [1.807, 2.05) is 13.8 Å². The molecule has 3 aromatic rings. The zero-order chi connectivity index (χ0) is 20.8. The fourth-order valence-electron chi connectivity index (χ4n) is 3.52. The number of alkyl halides is 2. The molecular formula is C20H24F2N6O. The van der Waals surface area contributed by atoms with Crippen molar-refractivity contribution in [3.63, 3.8) is 0 Å². The average Bonchev–Trinajstić information content (AvgIpc) is 2.77. The van der Waals surface area contributed by atoms with E-state index in [-0.39, 0.29) is 23.7 Å². The number of aromatic nitrogens is 5. The number of hydrogen-bond donors (Lipinski definition) is 1. The van der Waals surface area contributed by atoms with Crippen molar-refractivity contribution in [1.29, 1.82) is 0 Å². The van der Waals surface area contributed by atoms with E-state index >= 15 is 0 Å². The largest absolute Gasteiger partial charge is 0.317 e. The van der Waals surface area contributed by atoms with Crippen molar-refractivity contribution in [2.75, 3.05) is 13.1 Å². The van der Waals surface area contributed by atoms with Gasteiger partial charge in [0.2, 0.25) is 0 Å². The Morgan fingerprint density at radius 1 is 1.07 bits per heavy atom. The predicted octanol–water partition coefficient (Wildman–Crippen LogP) is 3.06. The third-order valence-electron chi connectivity index (χ3n) is 4.85. The van der Waals surface area contributed by atoms with Crippen LogP contribution in [-0.2, 0) is 6.54 Å². The van der Waals surface area contributed by atoms with Gasteiger partial charge in [-0.2, -0.15) is 0 Å². The van der Waals surface area contributed by atoms with Gasteiger partial charge >= 0.3 is 0 Å². The fourth-order valence-corrected chi connectivity index (χ4v) is 3.52. The monoisotopic (exact) mass is 402 g/mol. The smallest absolute Gasteiger partial charge is 0.282 e. The van der Waals surface area contributed by atoms with E-state index in [0.29, 0.717) is 16.7 Å². The molecule has 1 aliphatic rings. The maximum Gasteiger partial charge on any atom is 0.282 e. The molecule has 0 amide bonds. The molecule has 1 saturated heterocycles. The summed E-state index contributed by atoms with van der Waals surface area (Å²) in [5, 5.41) is 3.28. The Bertz CT molecular complexity index is 1020. The summed E-state index contributed by atoms with van der Waals surface area (Å²) in [5.74, 6) is 0.104. The highest BCUT2D eigenvalue weighted by Gasteiger charge is 2.23. The Kier molecular flexibility index (Phi) is 6.92. The third kappa shape index (κ3) is 4.45. The van der Waals surface area contributed by atoms with Crippen LogP contribution in [0, 0.1) is 0 Å². The van der Waals surface area contributed by atoms with E-state index in [9.17, 15) is 13.6 Å². The zero-order valence-electron chi connectivity index (χ0n) is 16.5. The number of nitrogens with one attached hydrogen (secondary N) is 1. The molecule has 3 aromatic heterocycles. The number of halogens is 2. The van der Waals surface area contributed by atoms with Gasteiger partial charge in [-0.05, 0) is 37.9 Å². The van der Waals surface area contributed by atoms with Crippen LogP contribution in [0.3, 0.4) is 0 Å². The van der Waals surface area contributed by atoms with Gasteiger partial charge in [-0.15, -0.1) is 0 Å². The zero-order valence-corrected chi connectivity index (χ0v) is 16.5. The number of fused-ring (bicyclic) bond motifs is 1. The first-order chi connectivity index (χ1) is 14.1. The van der Waals surface area contributed by atoms with Crippen LogP contribution in [-0.4, -0.2) is 37.6 Å². The first kappa shape index (κ1) is 20.9. The molecule has 9 heteroatoms. The first-order valence-corrected chi connectivity index (χ1v) is 9.78. The highest BCUT2D eigenvalue weighted by Crippen LogP contribution is 2.25. The van der Waals surface area contributed by atoms with Gasteiger partial charge in [0, 0.05) is 30.4 Å². The van der Waals surface area contributed by atoms with Crippen LogP contribution in [0.25, 0.3) is 11.2 Å². The van der Waals surface area contributed by atoms with E-state index < -0.39 is 12.1 Å². The van der Waals surface area contributed by atoms with Gasteiger partial charge in [0.25, 0.3) is 12.0 Å². The van der Waals surface area contributed by atoms with Crippen LogP contribution < -0.4 is 10.9 Å². The van der Waals surface area contributed by atoms with E-state index in [1.54, 1.807) is 12.3 Å². The topological polar surface area (TPSA) is 85.6 Å². The normalized spacial score (nSPS) is 14.7. The molecule has 0 radical (unpaired) electrons. The number of piperidine rings is 1. The average molecular weight is 402 g/mol. The minimum Gasteiger partial charge on any atom is -0.317 e. The molecule has 1 aliphatic heterocycles. The summed E-state index contributed by atoms with van der Waals surface area (Å²) in [5.41, 5.74) is 0.963. The van der Waals surface area contributed by atoms with Crippen molar-refractivity contribution >= 4 is 11.2 Å². The summed E-state index contributed by atoms with van der Waals surface area (Å²) in [6, 6.07) is 1.78. The molecule has 0 bridgehead atoms. The summed E-state index contributed by atoms with van der Waals surface area (Å²) in [7, 11) is 0. The van der Waals surface area contributed by atoms with Crippen LogP contribution in [0.5, 0.6) is 0 Å². The quantitative estimate of drug-likeness (QED) is 0.722. The van der Waals surface area contributed by atoms with E-state index in [4.69, 9.17) is 0 Å². The van der Waals surface area contributed by atoms with Gasteiger partial charge < -0.3 is 5.32 Å². The Hall–Kier alpha value is -2.81. The van der Waals surface area contributed by atoms with Crippen molar-refractivity contribution < 1.29 is 8.78 Å². The van der Waals surface area contributed by atoms with E-state index in [2.05, 4.69) is 25.3 Å². The van der Waals surface area contributed by atoms with Gasteiger partial charge in [0.1, 0.15) is 11.2 Å². The van der Waals surface area contributed by atoms with Crippen molar-refractivity contribution in [3.8, 4) is 0 Å². The minimum absolute atomic E-state index is 0.0593. The van der Waals surface area contributed by atoms with Gasteiger partial charge in [-0.25, -0.2) is 13.8 Å². The molecule has 1 N–H and O–H groups in total. The summed E-state index contributed by atoms with van der Waals surface area (Å²) in [6.07, 6.45) is 4.51. The Morgan fingerprint density at radius 3 is 2.45 bits per heavy atom. The molecule has 4 rings (SSSR count). The Labute approximate surface area is 167 Å². The maximum absolute atomic E-state index is 13.3. The molecule has 1 fully saturated rings. The van der Waals surface area contributed by atoms with Crippen molar-refractivity contribution in [3.05, 3.63) is 58.2 Å². The number of rotatable bonds is 4. The van der Waals surface area contributed by atoms with Gasteiger partial charge in [-0.3, -0.25) is 24.3 Å². The first-order valence-electron chi connectivity index (χ1n) is 9.78. The molecular weight excluding hydrogens is 378 g/mol. The SMILES string of the molecule is CC.O=c1c(C2CCNCC2)cc2nccnc2n1Cc1nccnc1C(F)F. The minimum atomic E-state index is -2.77. The summed E-state index contributed by atoms with van der Waals surface area (Å²) in [4.78, 5) is 29.5.